The van der Waals surface area contributed by atoms with E-state index >= 15 is 0 Å². The first-order valence-corrected chi connectivity index (χ1v) is 11.7. The molecule has 164 valence electrons. The molecule has 4 heterocycles. The van der Waals surface area contributed by atoms with E-state index in [1.807, 2.05) is 39.0 Å². The minimum atomic E-state index is 0.293. The molecular weight excluding hydrogens is 444 g/mol. The molecule has 1 aliphatic rings. The summed E-state index contributed by atoms with van der Waals surface area (Å²) in [4.78, 5) is 23.6. The van der Waals surface area contributed by atoms with E-state index in [1.165, 1.54) is 4.88 Å². The summed E-state index contributed by atoms with van der Waals surface area (Å²) in [5, 5.41) is 4.81. The third kappa shape index (κ3) is 4.38. The van der Waals surface area contributed by atoms with Crippen molar-refractivity contribution in [2.24, 2.45) is 5.92 Å². The molecule has 0 bridgehead atoms. The van der Waals surface area contributed by atoms with Crippen LogP contribution in [-0.4, -0.2) is 31.5 Å². The van der Waals surface area contributed by atoms with E-state index in [9.17, 15) is 0 Å². The number of rotatable bonds is 7. The van der Waals surface area contributed by atoms with Gasteiger partial charge in [-0.2, -0.15) is 9.97 Å². The monoisotopic (exact) mass is 466 g/mol. The molecule has 2 unspecified atom stereocenters. The Labute approximate surface area is 195 Å². The van der Waals surface area contributed by atoms with Gasteiger partial charge in [0.05, 0.1) is 34.9 Å². The first-order valence-electron chi connectivity index (χ1n) is 10.5. The highest BCUT2D eigenvalue weighted by Crippen LogP contribution is 2.47. The normalized spacial score (nSPS) is 17.5. The first kappa shape index (κ1) is 21.0. The third-order valence-corrected chi connectivity index (χ3v) is 7.13. The van der Waals surface area contributed by atoms with E-state index in [-0.39, 0.29) is 0 Å². The second-order valence-corrected chi connectivity index (χ2v) is 9.70. The van der Waals surface area contributed by atoms with Crippen molar-refractivity contribution in [3.63, 3.8) is 0 Å². The number of hydrogen-bond donors (Lipinski definition) is 1. The molecule has 0 radical (unpaired) electrons. The molecule has 1 fully saturated rings. The van der Waals surface area contributed by atoms with Crippen LogP contribution >= 0.6 is 22.9 Å². The van der Waals surface area contributed by atoms with Crippen LogP contribution < -0.4 is 10.1 Å². The van der Waals surface area contributed by atoms with Gasteiger partial charge in [-0.25, -0.2) is 4.98 Å². The maximum Gasteiger partial charge on any atom is 0.319 e. The molecule has 1 N–H and O–H groups in total. The van der Waals surface area contributed by atoms with Gasteiger partial charge in [0.2, 0.25) is 0 Å². The Morgan fingerprint density at radius 2 is 1.97 bits per heavy atom. The average Bonchev–Trinajstić information content (AvgIpc) is 3.49. The lowest BCUT2D eigenvalue weighted by Gasteiger charge is -2.11. The minimum Gasteiger partial charge on any atom is -0.463 e. The topological polar surface area (TPSA) is 85.7 Å². The molecule has 32 heavy (non-hydrogen) atoms. The molecule has 1 aliphatic carbocycles. The van der Waals surface area contributed by atoms with Crippen molar-refractivity contribution < 1.29 is 4.74 Å². The Balaban J connectivity index is 1.23. The Bertz CT molecular complexity index is 1290. The zero-order chi connectivity index (χ0) is 22.2. The van der Waals surface area contributed by atoms with E-state index in [4.69, 9.17) is 21.3 Å². The van der Waals surface area contributed by atoms with Gasteiger partial charge in [0.1, 0.15) is 11.0 Å². The number of halogens is 1. The van der Waals surface area contributed by atoms with Crippen molar-refractivity contribution in [3.05, 3.63) is 62.5 Å². The molecule has 0 aliphatic heterocycles. The number of thiazole rings is 1. The van der Waals surface area contributed by atoms with Crippen molar-refractivity contribution in [1.29, 1.82) is 0 Å². The van der Waals surface area contributed by atoms with Crippen LogP contribution in [0.1, 0.15) is 39.2 Å². The fourth-order valence-corrected chi connectivity index (χ4v) is 4.80. The number of aromatic nitrogens is 5. The number of pyridine rings is 2. The van der Waals surface area contributed by atoms with E-state index in [0.717, 1.165) is 39.4 Å². The molecule has 0 saturated heterocycles. The van der Waals surface area contributed by atoms with Crippen molar-refractivity contribution >= 4 is 39.8 Å². The fraction of sp³-hybridized carbons (Fsp3) is 0.348. The molecule has 2 atom stereocenters. The maximum atomic E-state index is 6.35. The molecule has 5 rings (SSSR count). The van der Waals surface area contributed by atoms with E-state index in [0.29, 0.717) is 42.0 Å². The van der Waals surface area contributed by atoms with E-state index < -0.39 is 0 Å². The first-order chi connectivity index (χ1) is 15.5. The largest absolute Gasteiger partial charge is 0.463 e. The number of fused-ring (bicyclic) bond motifs is 1. The summed E-state index contributed by atoms with van der Waals surface area (Å²) in [6.45, 7) is 7.09. The summed E-state index contributed by atoms with van der Waals surface area (Å²) < 4.78 is 5.93. The Hall–Kier alpha value is -2.84. The van der Waals surface area contributed by atoms with Crippen LogP contribution in [0.2, 0.25) is 5.15 Å². The van der Waals surface area contributed by atoms with Crippen molar-refractivity contribution in [1.82, 2.24) is 24.9 Å². The Morgan fingerprint density at radius 3 is 2.78 bits per heavy atom. The molecular formula is C23H23ClN6OS. The van der Waals surface area contributed by atoms with Gasteiger partial charge < -0.3 is 10.1 Å². The number of anilines is 1. The Kier molecular flexibility index (Phi) is 5.65. The van der Waals surface area contributed by atoms with E-state index in [2.05, 4.69) is 31.3 Å². The van der Waals surface area contributed by atoms with Crippen LogP contribution in [0.15, 0.2) is 30.5 Å². The third-order valence-electron chi connectivity index (χ3n) is 5.69. The summed E-state index contributed by atoms with van der Waals surface area (Å²) in [5.74, 6) is 1.46. The van der Waals surface area contributed by atoms with Crippen LogP contribution in [0.3, 0.4) is 0 Å². The van der Waals surface area contributed by atoms with Crippen LogP contribution in [0.4, 0.5) is 5.82 Å². The molecule has 1 saturated carbocycles. The summed E-state index contributed by atoms with van der Waals surface area (Å²) in [6, 6.07) is 8.28. The molecule has 4 aromatic heterocycles. The van der Waals surface area contributed by atoms with Gasteiger partial charge in [-0.15, -0.1) is 11.3 Å². The summed E-state index contributed by atoms with van der Waals surface area (Å²) >= 11 is 8.03. The van der Waals surface area contributed by atoms with Gasteiger partial charge in [0.15, 0.2) is 0 Å². The molecule has 0 aromatic carbocycles. The Morgan fingerprint density at radius 1 is 1.09 bits per heavy atom. The van der Waals surface area contributed by atoms with Crippen molar-refractivity contribution in [2.75, 3.05) is 11.9 Å². The van der Waals surface area contributed by atoms with Gasteiger partial charge in [0.25, 0.3) is 0 Å². The lowest BCUT2D eigenvalue weighted by atomic mass is 10.2. The van der Waals surface area contributed by atoms with Crippen LogP contribution in [-0.2, 0) is 6.54 Å². The smallest absolute Gasteiger partial charge is 0.319 e. The number of ether oxygens (including phenoxy) is 1. The highest BCUT2D eigenvalue weighted by atomic mass is 35.5. The minimum absolute atomic E-state index is 0.293. The fourth-order valence-electron chi connectivity index (χ4n) is 3.76. The lowest BCUT2D eigenvalue weighted by Crippen LogP contribution is -2.09. The quantitative estimate of drug-likeness (QED) is 0.372. The molecule has 9 heteroatoms. The number of nitrogens with one attached hydrogen (secondary N) is 1. The number of aryl methyl sites for hydroxylation is 2. The molecule has 0 spiro atoms. The number of nitrogens with zero attached hydrogens (tertiary/aromatic N) is 5. The second kappa shape index (κ2) is 8.60. The van der Waals surface area contributed by atoms with Gasteiger partial charge in [-0.3, -0.25) is 9.97 Å². The average molecular weight is 467 g/mol. The highest BCUT2D eigenvalue weighted by Gasteiger charge is 2.40. The SMILES string of the molecule is Cc1nc(C)c(CNc2nc(OCC3CC3c3ccc4ncccc4n3)nc(Cl)c2C)s1. The molecule has 0 amide bonds. The number of hydrogen-bond acceptors (Lipinski definition) is 8. The summed E-state index contributed by atoms with van der Waals surface area (Å²) in [5.41, 5.74) is 4.76. The van der Waals surface area contributed by atoms with Gasteiger partial charge >= 0.3 is 6.01 Å². The van der Waals surface area contributed by atoms with Gasteiger partial charge in [0, 0.05) is 34.2 Å². The molecule has 4 aromatic rings. The van der Waals surface area contributed by atoms with Crippen molar-refractivity contribution in [3.8, 4) is 6.01 Å². The van der Waals surface area contributed by atoms with Crippen LogP contribution in [0, 0.1) is 26.7 Å². The zero-order valence-corrected chi connectivity index (χ0v) is 19.7. The summed E-state index contributed by atoms with van der Waals surface area (Å²) in [6.07, 6.45) is 2.82. The van der Waals surface area contributed by atoms with Gasteiger partial charge in [-0.1, -0.05) is 11.6 Å². The van der Waals surface area contributed by atoms with Crippen LogP contribution in [0.25, 0.3) is 11.0 Å². The lowest BCUT2D eigenvalue weighted by molar-refractivity contribution is 0.274. The highest BCUT2D eigenvalue weighted by molar-refractivity contribution is 7.11. The van der Waals surface area contributed by atoms with E-state index in [1.54, 1.807) is 17.5 Å². The predicted octanol–water partition coefficient (Wildman–Crippen LogP) is 5.25. The molecule has 7 nitrogen and oxygen atoms in total. The van der Waals surface area contributed by atoms with Crippen LogP contribution in [0.5, 0.6) is 6.01 Å². The van der Waals surface area contributed by atoms with Gasteiger partial charge in [-0.05, 0) is 51.5 Å². The van der Waals surface area contributed by atoms with Crippen molar-refractivity contribution in [2.45, 2.75) is 39.7 Å². The predicted molar refractivity (Wildman–Crippen MR) is 127 cm³/mol. The standard InChI is InChI=1S/C23H23ClN6OS/c1-12-21(24)29-23(30-22(12)26-10-20-13(2)27-14(3)32-20)31-11-15-9-16(15)17-6-7-18-19(28-17)5-4-8-25-18/h4-8,15-16H,9-11H2,1-3H3,(H,26,29,30). The summed E-state index contributed by atoms with van der Waals surface area (Å²) in [7, 11) is 0. The second-order valence-electron chi connectivity index (χ2n) is 8.06. The zero-order valence-electron chi connectivity index (χ0n) is 18.1. The maximum absolute atomic E-state index is 6.35.